The molecule has 1 unspecified atom stereocenters. The van der Waals surface area contributed by atoms with Crippen molar-refractivity contribution in [3.8, 4) is 0 Å². The Labute approximate surface area is 91.1 Å². The van der Waals surface area contributed by atoms with Gasteiger partial charge >= 0.3 is 0 Å². The summed E-state index contributed by atoms with van der Waals surface area (Å²) in [7, 11) is 0. The minimum Gasteiger partial charge on any atom is -0.310 e. The summed E-state index contributed by atoms with van der Waals surface area (Å²) in [5.74, 6) is -0.174. The molecular formula is C11H17ClFN. The van der Waals surface area contributed by atoms with Crippen LogP contribution in [0.4, 0.5) is 4.39 Å². The Kier molecular flexibility index (Phi) is 6.50. The van der Waals surface area contributed by atoms with Crippen molar-refractivity contribution < 1.29 is 4.39 Å². The van der Waals surface area contributed by atoms with Gasteiger partial charge in [0.15, 0.2) is 0 Å². The van der Waals surface area contributed by atoms with Gasteiger partial charge in [0.05, 0.1) is 0 Å². The quantitative estimate of drug-likeness (QED) is 0.817. The van der Waals surface area contributed by atoms with Crippen molar-refractivity contribution in [1.29, 1.82) is 0 Å². The monoisotopic (exact) mass is 217 g/mol. The van der Waals surface area contributed by atoms with Gasteiger partial charge in [-0.05, 0) is 31.0 Å². The van der Waals surface area contributed by atoms with E-state index in [1.54, 1.807) is 0 Å². The molecule has 3 heteroatoms. The summed E-state index contributed by atoms with van der Waals surface area (Å²) in [6.45, 7) is 5.10. The molecule has 14 heavy (non-hydrogen) atoms. The van der Waals surface area contributed by atoms with E-state index in [4.69, 9.17) is 0 Å². The molecule has 0 bridgehead atoms. The highest BCUT2D eigenvalue weighted by Crippen LogP contribution is 2.02. The summed E-state index contributed by atoms with van der Waals surface area (Å²) >= 11 is 0. The number of halogens is 2. The van der Waals surface area contributed by atoms with Crippen LogP contribution in [0.25, 0.3) is 0 Å². The van der Waals surface area contributed by atoms with Crippen LogP contribution < -0.4 is 5.32 Å². The number of nitrogens with one attached hydrogen (secondary N) is 1. The molecule has 0 amide bonds. The fourth-order valence-electron chi connectivity index (χ4n) is 1.04. The number of rotatable bonds is 4. The lowest BCUT2D eigenvalue weighted by Crippen LogP contribution is -2.24. The molecule has 0 heterocycles. The van der Waals surface area contributed by atoms with Gasteiger partial charge in [0.1, 0.15) is 5.82 Å². The Morgan fingerprint density at radius 1 is 1.29 bits per heavy atom. The van der Waals surface area contributed by atoms with Crippen LogP contribution in [0.1, 0.15) is 25.8 Å². The first-order valence-electron chi connectivity index (χ1n) is 4.70. The second kappa shape index (κ2) is 6.80. The van der Waals surface area contributed by atoms with Crippen LogP contribution in [0.15, 0.2) is 24.3 Å². The second-order valence-electron chi connectivity index (χ2n) is 3.32. The first-order chi connectivity index (χ1) is 6.22. The Morgan fingerprint density at radius 2 is 1.86 bits per heavy atom. The summed E-state index contributed by atoms with van der Waals surface area (Å²) in [4.78, 5) is 0. The largest absolute Gasteiger partial charge is 0.310 e. The lowest BCUT2D eigenvalue weighted by molar-refractivity contribution is 0.533. The molecular weight excluding hydrogens is 201 g/mol. The summed E-state index contributed by atoms with van der Waals surface area (Å²) in [5.41, 5.74) is 1.13. The Balaban J connectivity index is 0.00000169. The van der Waals surface area contributed by atoms with Gasteiger partial charge in [-0.3, -0.25) is 0 Å². The maximum absolute atomic E-state index is 12.5. The average molecular weight is 218 g/mol. The Morgan fingerprint density at radius 3 is 2.36 bits per heavy atom. The van der Waals surface area contributed by atoms with Crippen molar-refractivity contribution in [2.75, 3.05) is 0 Å². The second-order valence-corrected chi connectivity index (χ2v) is 3.32. The van der Waals surface area contributed by atoms with Gasteiger partial charge < -0.3 is 5.32 Å². The van der Waals surface area contributed by atoms with E-state index in [-0.39, 0.29) is 18.2 Å². The first kappa shape index (κ1) is 13.4. The van der Waals surface area contributed by atoms with E-state index in [2.05, 4.69) is 19.2 Å². The van der Waals surface area contributed by atoms with Crippen molar-refractivity contribution in [1.82, 2.24) is 5.32 Å². The van der Waals surface area contributed by atoms with Gasteiger partial charge in [0, 0.05) is 12.6 Å². The van der Waals surface area contributed by atoms with Crippen LogP contribution in [0.5, 0.6) is 0 Å². The summed E-state index contributed by atoms with van der Waals surface area (Å²) in [6, 6.07) is 7.13. The van der Waals surface area contributed by atoms with Crippen LogP contribution in [0.3, 0.4) is 0 Å². The molecule has 1 atom stereocenters. The topological polar surface area (TPSA) is 12.0 Å². The molecule has 1 nitrogen and oxygen atoms in total. The van der Waals surface area contributed by atoms with Crippen LogP contribution in [-0.4, -0.2) is 6.04 Å². The van der Waals surface area contributed by atoms with E-state index in [0.29, 0.717) is 6.04 Å². The van der Waals surface area contributed by atoms with Crippen molar-refractivity contribution in [3.63, 3.8) is 0 Å². The first-order valence-corrected chi connectivity index (χ1v) is 4.70. The standard InChI is InChI=1S/C11H16FN.ClH/c1-3-9(2)13-8-10-4-6-11(12)7-5-10;/h4-7,9,13H,3,8H2,1-2H3;1H. The molecule has 0 saturated heterocycles. The molecule has 0 spiro atoms. The van der Waals surface area contributed by atoms with Gasteiger partial charge in [0.2, 0.25) is 0 Å². The third kappa shape index (κ3) is 4.58. The number of hydrogen-bond acceptors (Lipinski definition) is 1. The molecule has 0 aliphatic carbocycles. The van der Waals surface area contributed by atoms with E-state index >= 15 is 0 Å². The van der Waals surface area contributed by atoms with E-state index in [1.807, 2.05) is 12.1 Å². The molecule has 0 aliphatic heterocycles. The maximum Gasteiger partial charge on any atom is 0.123 e. The molecule has 0 fully saturated rings. The SMILES string of the molecule is CCC(C)NCc1ccc(F)cc1.Cl. The van der Waals surface area contributed by atoms with Crippen LogP contribution in [0, 0.1) is 5.82 Å². The predicted octanol–water partition coefficient (Wildman–Crippen LogP) is 3.14. The zero-order chi connectivity index (χ0) is 9.68. The fourth-order valence-corrected chi connectivity index (χ4v) is 1.04. The van der Waals surface area contributed by atoms with Gasteiger partial charge in [-0.25, -0.2) is 4.39 Å². The maximum atomic E-state index is 12.5. The van der Waals surface area contributed by atoms with E-state index in [1.165, 1.54) is 12.1 Å². The smallest absolute Gasteiger partial charge is 0.123 e. The van der Waals surface area contributed by atoms with Crippen molar-refractivity contribution in [2.45, 2.75) is 32.9 Å². The highest BCUT2D eigenvalue weighted by atomic mass is 35.5. The van der Waals surface area contributed by atoms with Gasteiger partial charge in [-0.2, -0.15) is 0 Å². The van der Waals surface area contributed by atoms with Crippen molar-refractivity contribution in [3.05, 3.63) is 35.6 Å². The lowest BCUT2D eigenvalue weighted by Gasteiger charge is -2.10. The average Bonchev–Trinajstić information content (AvgIpc) is 2.16. The van der Waals surface area contributed by atoms with Gasteiger partial charge in [0.25, 0.3) is 0 Å². The zero-order valence-electron chi connectivity index (χ0n) is 8.59. The highest BCUT2D eigenvalue weighted by Gasteiger charge is 1.97. The summed E-state index contributed by atoms with van der Waals surface area (Å²) in [5, 5.41) is 3.35. The van der Waals surface area contributed by atoms with Crippen LogP contribution >= 0.6 is 12.4 Å². The normalized spacial score (nSPS) is 11.9. The number of hydrogen-bond donors (Lipinski definition) is 1. The zero-order valence-corrected chi connectivity index (χ0v) is 9.40. The van der Waals surface area contributed by atoms with Crippen LogP contribution in [0.2, 0.25) is 0 Å². The highest BCUT2D eigenvalue weighted by molar-refractivity contribution is 5.85. The molecule has 1 aromatic rings. The fraction of sp³-hybridized carbons (Fsp3) is 0.455. The molecule has 0 aromatic heterocycles. The Bertz CT molecular complexity index is 248. The van der Waals surface area contributed by atoms with Crippen LogP contribution in [-0.2, 0) is 6.54 Å². The summed E-state index contributed by atoms with van der Waals surface area (Å²) in [6.07, 6.45) is 1.11. The number of benzene rings is 1. The van der Waals surface area contributed by atoms with Crippen molar-refractivity contribution >= 4 is 12.4 Å². The molecule has 1 N–H and O–H groups in total. The lowest BCUT2D eigenvalue weighted by atomic mass is 10.2. The minimum absolute atomic E-state index is 0. The minimum atomic E-state index is -0.174. The van der Waals surface area contributed by atoms with E-state index < -0.39 is 0 Å². The molecule has 0 saturated carbocycles. The van der Waals surface area contributed by atoms with E-state index in [0.717, 1.165) is 18.5 Å². The molecule has 1 rings (SSSR count). The molecule has 0 aliphatic rings. The van der Waals surface area contributed by atoms with Gasteiger partial charge in [-0.15, -0.1) is 12.4 Å². The molecule has 80 valence electrons. The Hall–Kier alpha value is -0.600. The molecule has 0 radical (unpaired) electrons. The van der Waals surface area contributed by atoms with Gasteiger partial charge in [-0.1, -0.05) is 19.1 Å². The molecule has 1 aromatic carbocycles. The van der Waals surface area contributed by atoms with Crippen molar-refractivity contribution in [2.24, 2.45) is 0 Å². The van der Waals surface area contributed by atoms with E-state index in [9.17, 15) is 4.39 Å². The third-order valence-corrected chi connectivity index (χ3v) is 2.18. The third-order valence-electron chi connectivity index (χ3n) is 2.18. The predicted molar refractivity (Wildman–Crippen MR) is 60.2 cm³/mol. The summed E-state index contributed by atoms with van der Waals surface area (Å²) < 4.78 is 12.5.